The summed E-state index contributed by atoms with van der Waals surface area (Å²) in [7, 11) is -2.17. The molecule has 9 nitrogen and oxygen atoms in total. The molecule has 0 radical (unpaired) electrons. The molecule has 3 heterocycles. The Bertz CT molecular complexity index is 1170. The fraction of sp³-hybridized carbons (Fsp3) is 0.350. The van der Waals surface area contributed by atoms with Gasteiger partial charge < -0.3 is 14.1 Å². The number of nitrogens with zero attached hydrogens (tertiary/aromatic N) is 3. The molecule has 31 heavy (non-hydrogen) atoms. The maximum atomic E-state index is 12.7. The highest BCUT2D eigenvalue weighted by molar-refractivity contribution is 7.91. The number of ether oxygens (including phenoxy) is 1. The van der Waals surface area contributed by atoms with Gasteiger partial charge >= 0.3 is 11.8 Å². The Balaban J connectivity index is 1.44. The summed E-state index contributed by atoms with van der Waals surface area (Å²) in [5.74, 6) is 0.400. The Morgan fingerprint density at radius 1 is 1.23 bits per heavy atom. The number of carbonyl (C=O) groups is 1. The van der Waals surface area contributed by atoms with Gasteiger partial charge in [0.05, 0.1) is 12.7 Å². The predicted molar refractivity (Wildman–Crippen MR) is 114 cm³/mol. The van der Waals surface area contributed by atoms with Crippen LogP contribution in [0.3, 0.4) is 0 Å². The Kier molecular flexibility index (Phi) is 6.35. The number of likely N-dealkylation sites (tertiary alicyclic amines) is 1. The molecule has 0 aliphatic carbocycles. The molecule has 11 heteroatoms. The lowest BCUT2D eigenvalue weighted by Crippen LogP contribution is -2.35. The summed E-state index contributed by atoms with van der Waals surface area (Å²) in [5, 5.41) is 9.39. The van der Waals surface area contributed by atoms with E-state index in [2.05, 4.69) is 14.9 Å². The predicted octanol–water partition coefficient (Wildman–Crippen LogP) is 2.91. The average molecular weight is 463 g/mol. The monoisotopic (exact) mass is 462 g/mol. The van der Waals surface area contributed by atoms with Crippen LogP contribution in [-0.2, 0) is 16.6 Å². The van der Waals surface area contributed by atoms with Crippen LogP contribution in [0.4, 0.5) is 0 Å². The zero-order valence-electron chi connectivity index (χ0n) is 16.9. The van der Waals surface area contributed by atoms with E-state index in [-0.39, 0.29) is 28.4 Å². The average Bonchev–Trinajstić information content (AvgIpc) is 3.48. The zero-order valence-corrected chi connectivity index (χ0v) is 18.5. The number of thiophene rings is 1. The summed E-state index contributed by atoms with van der Waals surface area (Å²) < 4.78 is 38.7. The van der Waals surface area contributed by atoms with Gasteiger partial charge in [0.15, 0.2) is 0 Å². The van der Waals surface area contributed by atoms with Gasteiger partial charge in [-0.15, -0.1) is 21.5 Å². The van der Waals surface area contributed by atoms with E-state index in [1.807, 2.05) is 6.07 Å². The molecule has 0 bridgehead atoms. The third kappa shape index (κ3) is 4.94. The summed E-state index contributed by atoms with van der Waals surface area (Å²) in [6, 6.07) is 8.62. The first kappa shape index (κ1) is 21.5. The van der Waals surface area contributed by atoms with Crippen molar-refractivity contribution in [3.8, 4) is 17.2 Å². The van der Waals surface area contributed by atoms with Crippen molar-refractivity contribution in [3.05, 3.63) is 47.2 Å². The largest absolute Gasteiger partial charge is 0.497 e. The molecule has 1 N–H and O–H groups in total. The molecule has 1 aliphatic rings. The van der Waals surface area contributed by atoms with Crippen molar-refractivity contribution in [1.29, 1.82) is 0 Å². The maximum absolute atomic E-state index is 12.7. The number of amides is 1. The molecular weight excluding hydrogens is 440 g/mol. The van der Waals surface area contributed by atoms with Gasteiger partial charge in [-0.05, 0) is 43.0 Å². The van der Waals surface area contributed by atoms with Gasteiger partial charge in [0, 0.05) is 25.0 Å². The van der Waals surface area contributed by atoms with Gasteiger partial charge in [-0.25, -0.2) is 13.1 Å². The lowest BCUT2D eigenvalue weighted by molar-refractivity contribution is 0.0684. The highest BCUT2D eigenvalue weighted by Crippen LogP contribution is 2.28. The van der Waals surface area contributed by atoms with Gasteiger partial charge in [-0.1, -0.05) is 12.1 Å². The third-order valence-electron chi connectivity index (χ3n) is 4.94. The molecule has 1 fully saturated rings. The normalized spacial score (nSPS) is 14.5. The number of piperidine rings is 1. The van der Waals surface area contributed by atoms with Gasteiger partial charge in [0.2, 0.25) is 15.9 Å². The summed E-state index contributed by atoms with van der Waals surface area (Å²) in [6.45, 7) is 1.48. The molecular formula is C20H22N4O5S2. The maximum Gasteiger partial charge on any atom is 0.311 e. The minimum Gasteiger partial charge on any atom is -0.497 e. The van der Waals surface area contributed by atoms with Gasteiger partial charge in [0.25, 0.3) is 0 Å². The van der Waals surface area contributed by atoms with Crippen molar-refractivity contribution in [3.63, 3.8) is 0 Å². The number of methoxy groups -OCH3 is 1. The molecule has 0 unspecified atom stereocenters. The Morgan fingerprint density at radius 2 is 2.03 bits per heavy atom. The van der Waals surface area contributed by atoms with E-state index < -0.39 is 10.0 Å². The topological polar surface area (TPSA) is 115 Å². The van der Waals surface area contributed by atoms with Crippen molar-refractivity contribution < 1.29 is 22.4 Å². The second kappa shape index (κ2) is 9.16. The Hall–Kier alpha value is -2.76. The van der Waals surface area contributed by atoms with Crippen molar-refractivity contribution in [2.45, 2.75) is 30.0 Å². The number of hydrogen-bond donors (Lipinski definition) is 1. The van der Waals surface area contributed by atoms with Crippen LogP contribution in [-0.4, -0.2) is 49.6 Å². The van der Waals surface area contributed by atoms with E-state index in [1.165, 1.54) is 6.07 Å². The molecule has 1 aromatic carbocycles. The molecule has 0 atom stereocenters. The van der Waals surface area contributed by atoms with Crippen molar-refractivity contribution in [1.82, 2.24) is 19.8 Å². The number of aromatic nitrogens is 2. The molecule has 0 saturated carbocycles. The first-order valence-electron chi connectivity index (χ1n) is 9.80. The molecule has 1 saturated heterocycles. The molecule has 1 aliphatic heterocycles. The first-order valence-corrected chi connectivity index (χ1v) is 12.2. The summed E-state index contributed by atoms with van der Waals surface area (Å²) in [5.41, 5.74) is 1.23. The van der Waals surface area contributed by atoms with Gasteiger partial charge in [-0.2, -0.15) is 0 Å². The SMILES string of the molecule is COc1cccc(CNS(=O)(=O)c2cc(-c3nnc(C(=O)N4CCCCC4)o3)cs2)c1. The van der Waals surface area contributed by atoms with Crippen LogP contribution in [0.1, 0.15) is 35.5 Å². The van der Waals surface area contributed by atoms with E-state index >= 15 is 0 Å². The summed E-state index contributed by atoms with van der Waals surface area (Å²) in [4.78, 5) is 14.2. The molecule has 3 aromatic rings. The lowest BCUT2D eigenvalue weighted by Gasteiger charge is -2.24. The van der Waals surface area contributed by atoms with E-state index in [9.17, 15) is 13.2 Å². The van der Waals surface area contributed by atoms with E-state index in [4.69, 9.17) is 9.15 Å². The minimum absolute atomic E-state index is 0.0799. The van der Waals surface area contributed by atoms with Crippen LogP contribution in [0.5, 0.6) is 5.75 Å². The summed E-state index contributed by atoms with van der Waals surface area (Å²) in [6.07, 6.45) is 3.03. The second-order valence-electron chi connectivity index (χ2n) is 7.10. The number of carbonyl (C=O) groups excluding carboxylic acids is 1. The minimum atomic E-state index is -3.73. The smallest absolute Gasteiger partial charge is 0.311 e. The first-order chi connectivity index (χ1) is 15.0. The van der Waals surface area contributed by atoms with Crippen molar-refractivity contribution >= 4 is 27.3 Å². The zero-order chi connectivity index (χ0) is 21.8. The lowest BCUT2D eigenvalue weighted by atomic mass is 10.1. The number of nitrogens with one attached hydrogen (secondary N) is 1. The van der Waals surface area contributed by atoms with Crippen LogP contribution in [0.15, 0.2) is 44.3 Å². The molecule has 1 amide bonds. The van der Waals surface area contributed by atoms with Crippen LogP contribution in [0.2, 0.25) is 0 Å². The number of rotatable bonds is 7. The highest BCUT2D eigenvalue weighted by atomic mass is 32.2. The molecule has 2 aromatic heterocycles. The van der Waals surface area contributed by atoms with E-state index in [1.54, 1.807) is 35.6 Å². The van der Waals surface area contributed by atoms with Gasteiger partial charge in [0.1, 0.15) is 9.96 Å². The Labute approximate surface area is 184 Å². The Morgan fingerprint density at radius 3 is 2.81 bits per heavy atom. The quantitative estimate of drug-likeness (QED) is 0.574. The van der Waals surface area contributed by atoms with Crippen LogP contribution in [0, 0.1) is 0 Å². The third-order valence-corrected chi connectivity index (χ3v) is 7.78. The number of sulfonamides is 1. The van der Waals surface area contributed by atoms with E-state index in [0.29, 0.717) is 24.4 Å². The van der Waals surface area contributed by atoms with Crippen molar-refractivity contribution in [2.24, 2.45) is 0 Å². The van der Waals surface area contributed by atoms with Crippen LogP contribution in [0.25, 0.3) is 11.5 Å². The number of hydrogen-bond acceptors (Lipinski definition) is 8. The fourth-order valence-electron chi connectivity index (χ4n) is 3.26. The van der Waals surface area contributed by atoms with Crippen LogP contribution >= 0.6 is 11.3 Å². The van der Waals surface area contributed by atoms with Crippen molar-refractivity contribution in [2.75, 3.05) is 20.2 Å². The summed E-state index contributed by atoms with van der Waals surface area (Å²) >= 11 is 1.04. The van der Waals surface area contributed by atoms with Crippen LogP contribution < -0.4 is 9.46 Å². The molecule has 164 valence electrons. The fourth-order valence-corrected chi connectivity index (χ4v) is 5.48. The molecule has 0 spiro atoms. The molecule has 4 rings (SSSR count). The van der Waals surface area contributed by atoms with E-state index in [0.717, 1.165) is 36.2 Å². The second-order valence-corrected chi connectivity index (χ2v) is 10.0. The standard InChI is InChI=1S/C20H22N4O5S2/c1-28-16-7-5-6-14(10-16)12-21-31(26,27)17-11-15(13-30-17)18-22-23-19(29-18)20(25)24-8-3-2-4-9-24/h5-7,10-11,13,21H,2-4,8-9,12H2,1H3. The number of benzene rings is 1. The highest BCUT2D eigenvalue weighted by Gasteiger charge is 2.25. The van der Waals surface area contributed by atoms with Gasteiger partial charge in [-0.3, -0.25) is 4.79 Å².